The molecule has 33 heavy (non-hydrogen) atoms. The first-order valence-corrected chi connectivity index (χ1v) is 11.2. The molecule has 5 nitrogen and oxygen atoms in total. The molecule has 1 heterocycles. The Labute approximate surface area is 191 Å². The van der Waals surface area contributed by atoms with Crippen molar-refractivity contribution < 1.29 is 22.8 Å². The second-order valence-electron chi connectivity index (χ2n) is 8.96. The molecule has 1 atom stereocenters. The molecule has 0 radical (unpaired) electrons. The van der Waals surface area contributed by atoms with Gasteiger partial charge in [-0.3, -0.25) is 4.79 Å². The van der Waals surface area contributed by atoms with Gasteiger partial charge in [-0.1, -0.05) is 35.8 Å². The Kier molecular flexibility index (Phi) is 6.63. The van der Waals surface area contributed by atoms with Crippen LogP contribution in [0.4, 0.5) is 18.9 Å². The number of carbonyl (C=O) groups excluding carboxylic acids is 1. The summed E-state index contributed by atoms with van der Waals surface area (Å²) >= 11 is 0. The van der Waals surface area contributed by atoms with E-state index in [1.165, 1.54) is 6.07 Å². The van der Waals surface area contributed by atoms with Crippen molar-refractivity contribution in [3.8, 4) is 0 Å². The molecule has 2 aromatic carbocycles. The summed E-state index contributed by atoms with van der Waals surface area (Å²) in [4.78, 5) is 22.3. The molecule has 0 aromatic heterocycles. The number of amides is 1. The zero-order valence-corrected chi connectivity index (χ0v) is 18.8. The molecule has 0 unspecified atom stereocenters. The fraction of sp³-hybridized carbons (Fsp3) is 0.440. The summed E-state index contributed by atoms with van der Waals surface area (Å²) in [5.41, 5.74) is 2.59. The molecule has 0 saturated heterocycles. The van der Waals surface area contributed by atoms with E-state index in [1.54, 1.807) is 11.0 Å². The summed E-state index contributed by atoms with van der Waals surface area (Å²) in [7, 11) is 3.94. The van der Waals surface area contributed by atoms with Gasteiger partial charge >= 0.3 is 6.18 Å². The van der Waals surface area contributed by atoms with E-state index >= 15 is 0 Å². The number of rotatable bonds is 7. The molecule has 1 aliphatic heterocycles. The van der Waals surface area contributed by atoms with Gasteiger partial charge < -0.3 is 14.6 Å². The third kappa shape index (κ3) is 5.49. The molecule has 2 aliphatic rings. The van der Waals surface area contributed by atoms with Gasteiger partial charge in [0, 0.05) is 38.7 Å². The van der Waals surface area contributed by atoms with Crippen LogP contribution in [0.1, 0.15) is 42.4 Å². The lowest BCUT2D eigenvalue weighted by molar-refractivity contribution is -0.140. The monoisotopic (exact) mass is 459 g/mol. The fourth-order valence-electron chi connectivity index (χ4n) is 4.11. The van der Waals surface area contributed by atoms with Crippen molar-refractivity contribution in [1.29, 1.82) is 0 Å². The van der Waals surface area contributed by atoms with Crippen molar-refractivity contribution in [2.24, 2.45) is 11.1 Å². The molecule has 8 heteroatoms. The van der Waals surface area contributed by atoms with Gasteiger partial charge in [0.25, 0.3) is 0 Å². The van der Waals surface area contributed by atoms with E-state index in [-0.39, 0.29) is 31.0 Å². The Hall–Kier alpha value is -3.03. The molecular formula is C25H28F3N3O2. The van der Waals surface area contributed by atoms with E-state index in [2.05, 4.69) is 5.16 Å². The highest BCUT2D eigenvalue weighted by molar-refractivity contribution is 6.01. The number of nitrogens with zero attached hydrogens (tertiary/aromatic N) is 3. The van der Waals surface area contributed by atoms with E-state index < -0.39 is 11.7 Å². The van der Waals surface area contributed by atoms with Gasteiger partial charge in [0.2, 0.25) is 5.91 Å². The van der Waals surface area contributed by atoms with Crippen LogP contribution < -0.4 is 4.90 Å². The van der Waals surface area contributed by atoms with Crippen LogP contribution in [0, 0.1) is 5.92 Å². The van der Waals surface area contributed by atoms with E-state index in [1.807, 2.05) is 43.3 Å². The summed E-state index contributed by atoms with van der Waals surface area (Å²) < 4.78 is 39.4. The van der Waals surface area contributed by atoms with Gasteiger partial charge in [-0.05, 0) is 48.2 Å². The lowest BCUT2D eigenvalue weighted by Crippen LogP contribution is -2.42. The fourth-order valence-corrected chi connectivity index (χ4v) is 4.11. The standard InChI is InChI=1S/C25H28F3N3O2/c1-30(2)21-11-9-18(10-12-21)23-14-22(33-29-23)16-31(24(32)19-6-4-7-19)15-17-5-3-8-20(13-17)25(26,27)28/h3,5,8-13,19,22H,4,6-7,14-16H2,1-2H3/t22-/m1/s1. The number of carbonyl (C=O) groups is 1. The Morgan fingerprint density at radius 3 is 2.45 bits per heavy atom. The van der Waals surface area contributed by atoms with E-state index in [0.717, 1.165) is 48.4 Å². The Bertz CT molecular complexity index is 1010. The summed E-state index contributed by atoms with van der Waals surface area (Å²) in [6.07, 6.45) is -1.56. The first-order chi connectivity index (χ1) is 15.7. The average Bonchev–Trinajstić information content (AvgIpc) is 3.20. The summed E-state index contributed by atoms with van der Waals surface area (Å²) in [5.74, 6) is -0.0813. The molecule has 0 bridgehead atoms. The Morgan fingerprint density at radius 1 is 1.12 bits per heavy atom. The van der Waals surface area contributed by atoms with Gasteiger partial charge in [0.15, 0.2) is 6.10 Å². The van der Waals surface area contributed by atoms with Gasteiger partial charge in [0.1, 0.15) is 0 Å². The predicted molar refractivity (Wildman–Crippen MR) is 121 cm³/mol. The van der Waals surface area contributed by atoms with E-state index in [9.17, 15) is 18.0 Å². The van der Waals surface area contributed by atoms with Gasteiger partial charge in [-0.15, -0.1) is 0 Å². The van der Waals surface area contributed by atoms with Crippen LogP contribution in [0.15, 0.2) is 53.7 Å². The van der Waals surface area contributed by atoms with Crippen LogP contribution in [0.25, 0.3) is 0 Å². The van der Waals surface area contributed by atoms with Crippen molar-refractivity contribution in [3.63, 3.8) is 0 Å². The smallest absolute Gasteiger partial charge is 0.390 e. The number of halogens is 3. The third-order valence-electron chi connectivity index (χ3n) is 6.27. The average molecular weight is 460 g/mol. The molecule has 2 aromatic rings. The number of anilines is 1. The molecule has 0 N–H and O–H groups in total. The predicted octanol–water partition coefficient (Wildman–Crippen LogP) is 5.09. The minimum absolute atomic E-state index is 0.0222. The summed E-state index contributed by atoms with van der Waals surface area (Å²) in [6.45, 7) is 0.403. The maximum atomic E-state index is 13.1. The van der Waals surface area contributed by atoms with Crippen molar-refractivity contribution >= 4 is 17.3 Å². The highest BCUT2D eigenvalue weighted by Gasteiger charge is 2.34. The normalized spacial score (nSPS) is 18.3. The van der Waals surface area contributed by atoms with Crippen LogP contribution in [-0.2, 0) is 22.4 Å². The van der Waals surface area contributed by atoms with Gasteiger partial charge in [-0.2, -0.15) is 13.2 Å². The SMILES string of the molecule is CN(C)c1ccc(C2=NO[C@@H](CN(Cc3cccc(C(F)(F)F)c3)C(=O)C3CCC3)C2)cc1. The van der Waals surface area contributed by atoms with Crippen LogP contribution in [-0.4, -0.2) is 43.3 Å². The van der Waals surface area contributed by atoms with E-state index in [0.29, 0.717) is 12.0 Å². The molecule has 176 valence electrons. The summed E-state index contributed by atoms with van der Waals surface area (Å²) in [6, 6.07) is 13.2. The Morgan fingerprint density at radius 2 is 1.85 bits per heavy atom. The quantitative estimate of drug-likeness (QED) is 0.579. The topological polar surface area (TPSA) is 45.1 Å². The highest BCUT2D eigenvalue weighted by atomic mass is 19.4. The second-order valence-corrected chi connectivity index (χ2v) is 8.96. The number of oxime groups is 1. The van der Waals surface area contributed by atoms with Crippen molar-refractivity contribution in [1.82, 2.24) is 4.90 Å². The number of hydrogen-bond acceptors (Lipinski definition) is 4. The molecule has 4 rings (SSSR count). The van der Waals surface area contributed by atoms with Crippen LogP contribution >= 0.6 is 0 Å². The Balaban J connectivity index is 1.45. The first kappa shape index (κ1) is 23.1. The van der Waals surface area contributed by atoms with Crippen LogP contribution in [0.3, 0.4) is 0 Å². The maximum Gasteiger partial charge on any atom is 0.416 e. The maximum absolute atomic E-state index is 13.1. The van der Waals surface area contributed by atoms with Crippen molar-refractivity contribution in [2.45, 2.75) is 44.5 Å². The number of benzene rings is 2. The van der Waals surface area contributed by atoms with Crippen LogP contribution in [0.5, 0.6) is 0 Å². The molecule has 1 aliphatic carbocycles. The second kappa shape index (κ2) is 9.45. The van der Waals surface area contributed by atoms with Crippen molar-refractivity contribution in [2.75, 3.05) is 25.5 Å². The van der Waals surface area contributed by atoms with Gasteiger partial charge in [-0.25, -0.2) is 0 Å². The zero-order chi connectivity index (χ0) is 23.6. The van der Waals surface area contributed by atoms with Crippen molar-refractivity contribution in [3.05, 3.63) is 65.2 Å². The minimum Gasteiger partial charge on any atom is -0.390 e. The highest BCUT2D eigenvalue weighted by Crippen LogP contribution is 2.32. The largest absolute Gasteiger partial charge is 0.416 e. The third-order valence-corrected chi connectivity index (χ3v) is 6.27. The van der Waals surface area contributed by atoms with Gasteiger partial charge in [0.05, 0.1) is 17.8 Å². The number of alkyl halides is 3. The summed E-state index contributed by atoms with van der Waals surface area (Å²) in [5, 5.41) is 4.22. The molecule has 1 fully saturated rings. The zero-order valence-electron chi connectivity index (χ0n) is 18.8. The van der Waals surface area contributed by atoms with Crippen LogP contribution in [0.2, 0.25) is 0 Å². The van der Waals surface area contributed by atoms with E-state index in [4.69, 9.17) is 4.84 Å². The molecule has 1 saturated carbocycles. The molecule has 1 amide bonds. The number of hydrogen-bond donors (Lipinski definition) is 0. The first-order valence-electron chi connectivity index (χ1n) is 11.2. The molecular weight excluding hydrogens is 431 g/mol. The lowest BCUT2D eigenvalue weighted by atomic mass is 9.84. The lowest BCUT2D eigenvalue weighted by Gasteiger charge is -2.32. The molecule has 0 spiro atoms. The minimum atomic E-state index is -4.42.